The zero-order chi connectivity index (χ0) is 16.4. The molecule has 9 heteroatoms. The number of esters is 1. The standard InChI is InChI=1S/C14H10N2O5S2/c1-2-20-14(19)21-13(18)9-6-22-11(16-9)12-15-8-4-3-7(17)5-10(8)23-12/h3-6,17H,2H2,1H3. The van der Waals surface area contributed by atoms with E-state index in [0.29, 0.717) is 10.0 Å². The van der Waals surface area contributed by atoms with Gasteiger partial charge in [-0.2, -0.15) is 0 Å². The van der Waals surface area contributed by atoms with E-state index in [4.69, 9.17) is 0 Å². The largest absolute Gasteiger partial charge is 0.516 e. The molecule has 0 fully saturated rings. The SMILES string of the molecule is CCOC(=O)OC(=O)c1csc(-c2nc3ccc(O)cc3s2)n1. The Morgan fingerprint density at radius 1 is 1.26 bits per heavy atom. The van der Waals surface area contributed by atoms with Crippen LogP contribution in [0.2, 0.25) is 0 Å². The van der Waals surface area contributed by atoms with Gasteiger partial charge in [-0.1, -0.05) is 0 Å². The van der Waals surface area contributed by atoms with Crippen molar-refractivity contribution in [1.29, 1.82) is 0 Å². The average Bonchev–Trinajstić information content (AvgIpc) is 3.13. The Balaban J connectivity index is 1.82. The molecule has 7 nitrogen and oxygen atoms in total. The lowest BCUT2D eigenvalue weighted by Crippen LogP contribution is -2.14. The third-order valence-corrected chi connectivity index (χ3v) is 4.71. The summed E-state index contributed by atoms with van der Waals surface area (Å²) in [5, 5.41) is 12.1. The fourth-order valence-corrected chi connectivity index (χ4v) is 3.57. The maximum Gasteiger partial charge on any atom is 0.516 e. The summed E-state index contributed by atoms with van der Waals surface area (Å²) in [5.74, 6) is -0.713. The summed E-state index contributed by atoms with van der Waals surface area (Å²) in [7, 11) is 0. The number of rotatable bonds is 3. The van der Waals surface area contributed by atoms with Crippen LogP contribution in [0.1, 0.15) is 17.4 Å². The number of hydrogen-bond donors (Lipinski definition) is 1. The van der Waals surface area contributed by atoms with Crippen LogP contribution in [0, 0.1) is 0 Å². The highest BCUT2D eigenvalue weighted by Gasteiger charge is 2.19. The van der Waals surface area contributed by atoms with Gasteiger partial charge in [0.1, 0.15) is 5.75 Å². The summed E-state index contributed by atoms with van der Waals surface area (Å²) in [6.07, 6.45) is -1.05. The number of ether oxygens (including phenoxy) is 2. The molecule has 3 rings (SSSR count). The average molecular weight is 350 g/mol. The van der Waals surface area contributed by atoms with E-state index in [9.17, 15) is 14.7 Å². The van der Waals surface area contributed by atoms with Crippen molar-refractivity contribution in [3.05, 3.63) is 29.3 Å². The maximum atomic E-state index is 11.8. The van der Waals surface area contributed by atoms with E-state index in [1.54, 1.807) is 25.1 Å². The first kappa shape index (κ1) is 15.4. The van der Waals surface area contributed by atoms with Crippen LogP contribution in [-0.2, 0) is 9.47 Å². The molecule has 3 aromatic rings. The van der Waals surface area contributed by atoms with Crippen molar-refractivity contribution in [2.45, 2.75) is 6.92 Å². The van der Waals surface area contributed by atoms with Crippen LogP contribution in [0.5, 0.6) is 5.75 Å². The second-order valence-electron chi connectivity index (χ2n) is 4.28. The molecule has 0 aliphatic rings. The zero-order valence-corrected chi connectivity index (χ0v) is 13.4. The zero-order valence-electron chi connectivity index (χ0n) is 11.8. The van der Waals surface area contributed by atoms with Crippen LogP contribution in [0.25, 0.3) is 20.2 Å². The highest BCUT2D eigenvalue weighted by molar-refractivity contribution is 7.25. The second-order valence-corrected chi connectivity index (χ2v) is 6.17. The minimum absolute atomic E-state index is 0.0140. The van der Waals surface area contributed by atoms with Gasteiger partial charge in [0.2, 0.25) is 0 Å². The summed E-state index contributed by atoms with van der Waals surface area (Å²) in [4.78, 5) is 31.4. The van der Waals surface area contributed by atoms with Crippen LogP contribution in [0.4, 0.5) is 4.79 Å². The van der Waals surface area contributed by atoms with Crippen LogP contribution < -0.4 is 0 Å². The first-order valence-corrected chi connectivity index (χ1v) is 8.21. The molecule has 0 aliphatic carbocycles. The molecule has 0 atom stereocenters. The lowest BCUT2D eigenvalue weighted by Gasteiger charge is -1.99. The summed E-state index contributed by atoms with van der Waals surface area (Å²) in [6.45, 7) is 1.73. The predicted octanol–water partition coefficient (Wildman–Crippen LogP) is 3.44. The van der Waals surface area contributed by atoms with E-state index in [-0.39, 0.29) is 18.1 Å². The third kappa shape index (κ3) is 3.30. The summed E-state index contributed by atoms with van der Waals surface area (Å²) in [6, 6.07) is 4.87. The van der Waals surface area contributed by atoms with Gasteiger partial charge in [0.05, 0.1) is 16.8 Å². The van der Waals surface area contributed by atoms with Gasteiger partial charge in [0.25, 0.3) is 0 Å². The van der Waals surface area contributed by atoms with Gasteiger partial charge in [-0.25, -0.2) is 19.6 Å². The van der Waals surface area contributed by atoms with E-state index in [0.717, 1.165) is 10.2 Å². The van der Waals surface area contributed by atoms with Crippen LogP contribution >= 0.6 is 22.7 Å². The number of aromatic hydroxyl groups is 1. The number of carbonyl (C=O) groups is 2. The highest BCUT2D eigenvalue weighted by atomic mass is 32.1. The first-order chi connectivity index (χ1) is 11.1. The fourth-order valence-electron chi connectivity index (χ4n) is 1.75. The Morgan fingerprint density at radius 2 is 2.09 bits per heavy atom. The lowest BCUT2D eigenvalue weighted by atomic mass is 10.3. The first-order valence-electron chi connectivity index (χ1n) is 6.51. The minimum atomic E-state index is -1.05. The molecule has 23 heavy (non-hydrogen) atoms. The number of hydrogen-bond acceptors (Lipinski definition) is 9. The van der Waals surface area contributed by atoms with Gasteiger partial charge >= 0.3 is 12.1 Å². The Kier molecular flexibility index (Phi) is 4.22. The third-order valence-electron chi connectivity index (χ3n) is 2.71. The topological polar surface area (TPSA) is 98.6 Å². The smallest absolute Gasteiger partial charge is 0.508 e. The number of fused-ring (bicyclic) bond motifs is 1. The van der Waals surface area contributed by atoms with Crippen molar-refractivity contribution in [1.82, 2.24) is 9.97 Å². The summed E-state index contributed by atoms with van der Waals surface area (Å²) < 4.78 is 9.84. The molecule has 0 bridgehead atoms. The van der Waals surface area contributed by atoms with E-state index < -0.39 is 12.1 Å². The minimum Gasteiger partial charge on any atom is -0.508 e. The lowest BCUT2D eigenvalue weighted by molar-refractivity contribution is 0.0397. The molecule has 0 amide bonds. The monoisotopic (exact) mass is 350 g/mol. The van der Waals surface area contributed by atoms with Crippen molar-refractivity contribution < 1.29 is 24.2 Å². The van der Waals surface area contributed by atoms with E-state index in [1.165, 1.54) is 28.1 Å². The number of benzene rings is 1. The molecule has 118 valence electrons. The summed E-state index contributed by atoms with van der Waals surface area (Å²) in [5.41, 5.74) is 0.744. The number of phenols is 1. The van der Waals surface area contributed by atoms with Crippen LogP contribution in [0.3, 0.4) is 0 Å². The normalized spacial score (nSPS) is 10.7. The molecule has 0 radical (unpaired) electrons. The Hall–Kier alpha value is -2.52. The number of carbonyl (C=O) groups excluding carboxylic acids is 2. The second kappa shape index (κ2) is 6.31. The summed E-state index contributed by atoms with van der Waals surface area (Å²) >= 11 is 2.56. The van der Waals surface area contributed by atoms with Crippen molar-refractivity contribution in [3.8, 4) is 15.8 Å². The van der Waals surface area contributed by atoms with Crippen molar-refractivity contribution in [3.63, 3.8) is 0 Å². The van der Waals surface area contributed by atoms with E-state index in [2.05, 4.69) is 19.4 Å². The molecule has 0 saturated carbocycles. The van der Waals surface area contributed by atoms with Gasteiger partial charge in [-0.3, -0.25) is 0 Å². The number of thiazole rings is 2. The fraction of sp³-hybridized carbons (Fsp3) is 0.143. The van der Waals surface area contributed by atoms with Gasteiger partial charge < -0.3 is 14.6 Å². The Morgan fingerprint density at radius 3 is 2.87 bits per heavy atom. The van der Waals surface area contributed by atoms with E-state index in [1.807, 2.05) is 0 Å². The highest BCUT2D eigenvalue weighted by Crippen LogP contribution is 2.33. The van der Waals surface area contributed by atoms with Gasteiger partial charge in [-0.05, 0) is 25.1 Å². The molecule has 0 saturated heterocycles. The number of phenolic OH excluding ortho intramolecular Hbond substituents is 1. The molecule has 1 N–H and O–H groups in total. The van der Waals surface area contributed by atoms with Crippen LogP contribution in [0.15, 0.2) is 23.6 Å². The van der Waals surface area contributed by atoms with Gasteiger partial charge in [0.15, 0.2) is 15.7 Å². The maximum absolute atomic E-state index is 11.8. The molecule has 1 aromatic carbocycles. The van der Waals surface area contributed by atoms with E-state index >= 15 is 0 Å². The van der Waals surface area contributed by atoms with Crippen LogP contribution in [-0.4, -0.2) is 33.8 Å². The quantitative estimate of drug-likeness (QED) is 0.570. The predicted molar refractivity (Wildman–Crippen MR) is 84.8 cm³/mol. The van der Waals surface area contributed by atoms with Gasteiger partial charge in [-0.15, -0.1) is 22.7 Å². The Labute approximate surface area is 138 Å². The van der Waals surface area contributed by atoms with Crippen molar-refractivity contribution in [2.24, 2.45) is 0 Å². The van der Waals surface area contributed by atoms with Crippen molar-refractivity contribution >= 4 is 45.0 Å². The Bertz CT molecular complexity index is 886. The molecule has 2 aromatic heterocycles. The van der Waals surface area contributed by atoms with Gasteiger partial charge in [0, 0.05) is 5.38 Å². The number of nitrogens with zero attached hydrogens (tertiary/aromatic N) is 2. The molecular weight excluding hydrogens is 340 g/mol. The molecule has 0 unspecified atom stereocenters. The molecular formula is C14H10N2O5S2. The molecule has 0 spiro atoms. The number of aromatic nitrogens is 2. The van der Waals surface area contributed by atoms with Crippen molar-refractivity contribution in [2.75, 3.05) is 6.61 Å². The molecule has 0 aliphatic heterocycles. The molecule has 2 heterocycles.